The third-order valence-corrected chi connectivity index (χ3v) is 1.49. The number of hydrogen-bond donors (Lipinski definition) is 3. The SMILES string of the molecule is CC(C)(C)NCCO.CC(C)NC(C)(C)C. The predicted molar refractivity (Wildman–Crippen MR) is 72.9 cm³/mol. The molecule has 0 aliphatic carbocycles. The van der Waals surface area contributed by atoms with Gasteiger partial charge in [0.2, 0.25) is 0 Å². The smallest absolute Gasteiger partial charge is 0.0556 e. The largest absolute Gasteiger partial charge is 0.395 e. The summed E-state index contributed by atoms with van der Waals surface area (Å²) in [4.78, 5) is 0. The molecular formula is C13H32N2O. The fourth-order valence-corrected chi connectivity index (χ4v) is 1.30. The molecule has 0 radical (unpaired) electrons. The Hall–Kier alpha value is -0.120. The predicted octanol–water partition coefficient (Wildman–Crippen LogP) is 2.15. The molecule has 0 heterocycles. The molecule has 0 aliphatic rings. The Balaban J connectivity index is 0. The molecule has 0 aromatic heterocycles. The van der Waals surface area contributed by atoms with Crippen LogP contribution in [0.15, 0.2) is 0 Å². The van der Waals surface area contributed by atoms with E-state index in [1.807, 2.05) is 0 Å². The minimum atomic E-state index is 0.142. The van der Waals surface area contributed by atoms with Gasteiger partial charge in [-0.05, 0) is 41.5 Å². The van der Waals surface area contributed by atoms with E-state index in [-0.39, 0.29) is 17.7 Å². The number of rotatable bonds is 3. The first-order chi connectivity index (χ1) is 6.98. The van der Waals surface area contributed by atoms with Crippen molar-refractivity contribution in [1.29, 1.82) is 0 Å². The fraction of sp³-hybridized carbons (Fsp3) is 1.00. The molecule has 3 nitrogen and oxygen atoms in total. The zero-order valence-electron chi connectivity index (χ0n) is 12.4. The number of aliphatic hydroxyl groups is 1. The first kappa shape index (κ1) is 18.3. The van der Waals surface area contributed by atoms with Crippen LogP contribution in [0.5, 0.6) is 0 Å². The molecule has 100 valence electrons. The van der Waals surface area contributed by atoms with Gasteiger partial charge in [-0.25, -0.2) is 0 Å². The highest BCUT2D eigenvalue weighted by molar-refractivity contribution is 4.72. The zero-order valence-corrected chi connectivity index (χ0v) is 12.4. The van der Waals surface area contributed by atoms with Gasteiger partial charge in [0.25, 0.3) is 0 Å². The van der Waals surface area contributed by atoms with Crippen LogP contribution in [0.1, 0.15) is 55.4 Å². The molecule has 0 saturated carbocycles. The Morgan fingerprint density at radius 3 is 1.44 bits per heavy atom. The number of β-amino-alcohol motifs (C(OH)–C–C–N with tert-alkyl or cyclic N) is 1. The van der Waals surface area contributed by atoms with E-state index >= 15 is 0 Å². The highest BCUT2D eigenvalue weighted by Crippen LogP contribution is 1.99. The molecule has 0 aromatic carbocycles. The van der Waals surface area contributed by atoms with E-state index < -0.39 is 0 Å². The third-order valence-electron chi connectivity index (χ3n) is 1.49. The number of nitrogens with one attached hydrogen (secondary N) is 2. The normalized spacial score (nSPS) is 12.4. The van der Waals surface area contributed by atoms with E-state index in [4.69, 9.17) is 5.11 Å². The molecule has 16 heavy (non-hydrogen) atoms. The van der Waals surface area contributed by atoms with Crippen LogP contribution in [0.2, 0.25) is 0 Å². The lowest BCUT2D eigenvalue weighted by Gasteiger charge is -2.23. The zero-order chi connectivity index (χ0) is 13.4. The molecule has 0 amide bonds. The molecule has 0 aliphatic heterocycles. The van der Waals surface area contributed by atoms with Crippen molar-refractivity contribution in [3.63, 3.8) is 0 Å². The van der Waals surface area contributed by atoms with Gasteiger partial charge in [-0.3, -0.25) is 0 Å². The highest BCUT2D eigenvalue weighted by Gasteiger charge is 2.09. The van der Waals surface area contributed by atoms with E-state index in [1.54, 1.807) is 0 Å². The maximum atomic E-state index is 8.37. The van der Waals surface area contributed by atoms with E-state index in [0.717, 1.165) is 0 Å². The van der Waals surface area contributed by atoms with Crippen LogP contribution in [0, 0.1) is 0 Å². The maximum absolute atomic E-state index is 8.37. The molecule has 0 bridgehead atoms. The Bertz CT molecular complexity index is 154. The summed E-state index contributed by atoms with van der Waals surface area (Å²) >= 11 is 0. The van der Waals surface area contributed by atoms with Crippen molar-refractivity contribution in [2.45, 2.75) is 72.5 Å². The second-order valence-electron chi connectivity index (χ2n) is 6.45. The third kappa shape index (κ3) is 23.6. The van der Waals surface area contributed by atoms with Crippen LogP contribution in [-0.2, 0) is 0 Å². The first-order valence-corrected chi connectivity index (χ1v) is 6.11. The van der Waals surface area contributed by atoms with Gasteiger partial charge in [-0.1, -0.05) is 13.8 Å². The van der Waals surface area contributed by atoms with Gasteiger partial charge in [0.05, 0.1) is 6.61 Å². The van der Waals surface area contributed by atoms with Gasteiger partial charge in [0.15, 0.2) is 0 Å². The van der Waals surface area contributed by atoms with Crippen molar-refractivity contribution in [2.24, 2.45) is 0 Å². The fourth-order valence-electron chi connectivity index (χ4n) is 1.30. The minimum Gasteiger partial charge on any atom is -0.395 e. The molecule has 0 aromatic rings. The van der Waals surface area contributed by atoms with Crippen LogP contribution < -0.4 is 10.6 Å². The molecule has 0 fully saturated rings. The van der Waals surface area contributed by atoms with E-state index in [9.17, 15) is 0 Å². The quantitative estimate of drug-likeness (QED) is 0.698. The average Bonchev–Trinajstić information content (AvgIpc) is 1.95. The number of hydrogen-bond acceptors (Lipinski definition) is 3. The Labute approximate surface area is 102 Å². The summed E-state index contributed by atoms with van der Waals surface area (Å²) in [6, 6.07) is 0.593. The summed E-state index contributed by atoms with van der Waals surface area (Å²) in [5.74, 6) is 0. The van der Waals surface area contributed by atoms with Crippen LogP contribution in [-0.4, -0.2) is 35.4 Å². The summed E-state index contributed by atoms with van der Waals surface area (Å²) in [5.41, 5.74) is 0.414. The lowest BCUT2D eigenvalue weighted by atomic mass is 10.1. The van der Waals surface area contributed by atoms with Crippen LogP contribution >= 0.6 is 0 Å². The van der Waals surface area contributed by atoms with E-state index in [1.165, 1.54) is 0 Å². The lowest BCUT2D eigenvalue weighted by Crippen LogP contribution is -2.40. The molecule has 0 rings (SSSR count). The monoisotopic (exact) mass is 232 g/mol. The van der Waals surface area contributed by atoms with Crippen LogP contribution in [0.3, 0.4) is 0 Å². The van der Waals surface area contributed by atoms with Crippen molar-refractivity contribution >= 4 is 0 Å². The number of aliphatic hydroxyl groups excluding tert-OH is 1. The summed E-state index contributed by atoms with van der Waals surface area (Å²) in [7, 11) is 0. The first-order valence-electron chi connectivity index (χ1n) is 6.11. The van der Waals surface area contributed by atoms with Crippen molar-refractivity contribution in [2.75, 3.05) is 13.2 Å². The summed E-state index contributed by atoms with van der Waals surface area (Å²) in [6.45, 7) is 18.0. The van der Waals surface area contributed by atoms with Gasteiger partial charge >= 0.3 is 0 Å². The molecule has 0 spiro atoms. The van der Waals surface area contributed by atoms with Crippen molar-refractivity contribution < 1.29 is 5.11 Å². The lowest BCUT2D eigenvalue weighted by molar-refractivity contribution is 0.272. The van der Waals surface area contributed by atoms with Crippen LogP contribution in [0.25, 0.3) is 0 Å². The van der Waals surface area contributed by atoms with E-state index in [0.29, 0.717) is 12.6 Å². The van der Waals surface area contributed by atoms with Gasteiger partial charge in [-0.15, -0.1) is 0 Å². The standard InChI is InChI=1S/C7H17N.C6H15NO/c1-6(2)8-7(3,4)5;1-6(2,3)7-4-5-8/h6,8H,1-5H3;7-8H,4-5H2,1-3H3. The van der Waals surface area contributed by atoms with Crippen molar-refractivity contribution in [1.82, 2.24) is 10.6 Å². The van der Waals surface area contributed by atoms with Crippen molar-refractivity contribution in [3.05, 3.63) is 0 Å². The second kappa shape index (κ2) is 8.04. The van der Waals surface area contributed by atoms with Gasteiger partial charge < -0.3 is 15.7 Å². The van der Waals surface area contributed by atoms with Crippen molar-refractivity contribution in [3.8, 4) is 0 Å². The minimum absolute atomic E-state index is 0.142. The summed E-state index contributed by atoms with van der Waals surface area (Å²) in [6.07, 6.45) is 0. The summed E-state index contributed by atoms with van der Waals surface area (Å²) in [5, 5.41) is 14.9. The Morgan fingerprint density at radius 1 is 0.938 bits per heavy atom. The Morgan fingerprint density at radius 2 is 1.38 bits per heavy atom. The average molecular weight is 232 g/mol. The molecule has 3 heteroatoms. The topological polar surface area (TPSA) is 44.3 Å². The second-order valence-corrected chi connectivity index (χ2v) is 6.45. The van der Waals surface area contributed by atoms with E-state index in [2.05, 4.69) is 66.0 Å². The van der Waals surface area contributed by atoms with Gasteiger partial charge in [0, 0.05) is 23.7 Å². The van der Waals surface area contributed by atoms with Crippen LogP contribution in [0.4, 0.5) is 0 Å². The molecule has 0 unspecified atom stereocenters. The molecular weight excluding hydrogens is 200 g/mol. The molecule has 0 atom stereocenters. The maximum Gasteiger partial charge on any atom is 0.0556 e. The highest BCUT2D eigenvalue weighted by atomic mass is 16.3. The summed E-state index contributed by atoms with van der Waals surface area (Å²) < 4.78 is 0. The Kier molecular flexibility index (Phi) is 9.17. The van der Waals surface area contributed by atoms with Gasteiger partial charge in [-0.2, -0.15) is 0 Å². The van der Waals surface area contributed by atoms with Gasteiger partial charge in [0.1, 0.15) is 0 Å². The molecule has 0 saturated heterocycles. The molecule has 3 N–H and O–H groups in total.